The highest BCUT2D eigenvalue weighted by atomic mass is 16.5. The van der Waals surface area contributed by atoms with Crippen LogP contribution in [0.3, 0.4) is 0 Å². The van der Waals surface area contributed by atoms with E-state index in [1.165, 1.54) is 38.5 Å². The highest BCUT2D eigenvalue weighted by Crippen LogP contribution is 2.26. The van der Waals surface area contributed by atoms with Crippen LogP contribution in [0.5, 0.6) is 5.75 Å². The molecule has 114 valence electrons. The summed E-state index contributed by atoms with van der Waals surface area (Å²) in [5, 5.41) is 9.77. The molecular weight excluding hydrogens is 248 g/mol. The predicted octanol–water partition coefficient (Wildman–Crippen LogP) is 5.18. The molecule has 1 atom stereocenters. The minimum Gasteiger partial charge on any atom is -0.493 e. The zero-order chi connectivity index (χ0) is 14.8. The van der Waals surface area contributed by atoms with E-state index in [4.69, 9.17) is 4.74 Å². The molecule has 0 saturated carbocycles. The lowest BCUT2D eigenvalue weighted by Gasteiger charge is -2.14. The van der Waals surface area contributed by atoms with E-state index in [0.29, 0.717) is 0 Å². The van der Waals surface area contributed by atoms with E-state index in [0.717, 1.165) is 29.9 Å². The molecule has 0 heterocycles. The number of ether oxygens (including phenoxy) is 1. The van der Waals surface area contributed by atoms with E-state index in [-0.39, 0.29) is 0 Å². The maximum absolute atomic E-state index is 9.77. The average molecular weight is 278 g/mol. The lowest BCUT2D eigenvalue weighted by atomic mass is 10.1. The summed E-state index contributed by atoms with van der Waals surface area (Å²) < 4.78 is 5.82. The van der Waals surface area contributed by atoms with Gasteiger partial charge < -0.3 is 9.84 Å². The lowest BCUT2D eigenvalue weighted by Crippen LogP contribution is -2.02. The topological polar surface area (TPSA) is 29.5 Å². The molecule has 1 aromatic carbocycles. The quantitative estimate of drug-likeness (QED) is 0.598. The van der Waals surface area contributed by atoms with Crippen molar-refractivity contribution in [1.29, 1.82) is 0 Å². The normalized spacial score (nSPS) is 12.4. The molecule has 0 bridgehead atoms. The Labute approximate surface area is 124 Å². The van der Waals surface area contributed by atoms with Crippen molar-refractivity contribution < 1.29 is 9.84 Å². The van der Waals surface area contributed by atoms with E-state index in [1.807, 2.05) is 25.1 Å². The summed E-state index contributed by atoms with van der Waals surface area (Å²) in [6, 6.07) is 6.01. The van der Waals surface area contributed by atoms with Gasteiger partial charge in [0, 0.05) is 5.56 Å². The molecule has 1 N–H and O–H groups in total. The van der Waals surface area contributed by atoms with Crippen molar-refractivity contribution >= 4 is 0 Å². The molecule has 0 amide bonds. The molecule has 0 aromatic heterocycles. The molecule has 1 aromatic rings. The average Bonchev–Trinajstić information content (AvgIpc) is 2.43. The van der Waals surface area contributed by atoms with Crippen LogP contribution in [0.4, 0.5) is 0 Å². The van der Waals surface area contributed by atoms with Crippen LogP contribution in [-0.2, 0) is 0 Å². The number of benzene rings is 1. The van der Waals surface area contributed by atoms with Gasteiger partial charge in [0.2, 0.25) is 0 Å². The summed E-state index contributed by atoms with van der Waals surface area (Å²) in [4.78, 5) is 0. The van der Waals surface area contributed by atoms with Crippen molar-refractivity contribution in [3.8, 4) is 5.75 Å². The predicted molar refractivity (Wildman–Crippen MR) is 85.3 cm³/mol. The molecule has 1 unspecified atom stereocenters. The molecule has 0 aliphatic heterocycles. The third-order valence-electron chi connectivity index (χ3n) is 3.62. The summed E-state index contributed by atoms with van der Waals surface area (Å²) >= 11 is 0. The van der Waals surface area contributed by atoms with Crippen LogP contribution >= 0.6 is 0 Å². The highest BCUT2D eigenvalue weighted by molar-refractivity contribution is 5.38. The second-order valence-electron chi connectivity index (χ2n) is 5.69. The number of aryl methyl sites for hydroxylation is 1. The van der Waals surface area contributed by atoms with Crippen molar-refractivity contribution in [2.24, 2.45) is 0 Å². The Morgan fingerprint density at radius 1 is 1.05 bits per heavy atom. The van der Waals surface area contributed by atoms with Gasteiger partial charge in [0.1, 0.15) is 5.75 Å². The van der Waals surface area contributed by atoms with Crippen molar-refractivity contribution in [1.82, 2.24) is 0 Å². The molecular formula is C18H30O2. The maximum atomic E-state index is 9.77. The zero-order valence-corrected chi connectivity index (χ0v) is 13.3. The Hall–Kier alpha value is -1.02. The second kappa shape index (κ2) is 9.82. The van der Waals surface area contributed by atoms with Crippen molar-refractivity contribution in [2.45, 2.75) is 71.8 Å². The van der Waals surface area contributed by atoms with Gasteiger partial charge in [-0.1, -0.05) is 57.1 Å². The van der Waals surface area contributed by atoms with E-state index in [9.17, 15) is 5.11 Å². The number of rotatable bonds is 10. The van der Waals surface area contributed by atoms with Crippen LogP contribution < -0.4 is 4.74 Å². The largest absolute Gasteiger partial charge is 0.493 e. The maximum Gasteiger partial charge on any atom is 0.125 e. The van der Waals surface area contributed by atoms with E-state index >= 15 is 0 Å². The monoisotopic (exact) mass is 278 g/mol. The van der Waals surface area contributed by atoms with Crippen LogP contribution in [0.1, 0.15) is 76.0 Å². The van der Waals surface area contributed by atoms with Gasteiger partial charge in [0.15, 0.2) is 0 Å². The van der Waals surface area contributed by atoms with Crippen LogP contribution in [0.2, 0.25) is 0 Å². The first-order chi connectivity index (χ1) is 9.65. The van der Waals surface area contributed by atoms with Gasteiger partial charge in [0.05, 0.1) is 12.7 Å². The summed E-state index contributed by atoms with van der Waals surface area (Å²) in [6.45, 7) is 6.81. The Balaban J connectivity index is 2.25. The fourth-order valence-corrected chi connectivity index (χ4v) is 2.37. The Bertz CT molecular complexity index is 372. The zero-order valence-electron chi connectivity index (χ0n) is 13.3. The van der Waals surface area contributed by atoms with E-state index in [2.05, 4.69) is 6.92 Å². The molecule has 2 heteroatoms. The summed E-state index contributed by atoms with van der Waals surface area (Å²) in [5.74, 6) is 0.830. The van der Waals surface area contributed by atoms with Crippen molar-refractivity contribution in [3.05, 3.63) is 29.3 Å². The molecule has 0 spiro atoms. The first-order valence-corrected chi connectivity index (χ1v) is 8.06. The number of aliphatic hydroxyl groups excluding tert-OH is 1. The molecule has 0 aliphatic rings. The van der Waals surface area contributed by atoms with Gasteiger partial charge in [-0.15, -0.1) is 0 Å². The van der Waals surface area contributed by atoms with Gasteiger partial charge in [-0.2, -0.15) is 0 Å². The number of unbranched alkanes of at least 4 members (excludes halogenated alkanes) is 6. The molecule has 2 nitrogen and oxygen atoms in total. The van der Waals surface area contributed by atoms with Gasteiger partial charge in [-0.3, -0.25) is 0 Å². The minimum absolute atomic E-state index is 0.473. The number of hydrogen-bond donors (Lipinski definition) is 1. The Morgan fingerprint density at radius 3 is 2.35 bits per heavy atom. The first kappa shape index (κ1) is 17.0. The van der Waals surface area contributed by atoms with E-state index in [1.54, 1.807) is 6.92 Å². The van der Waals surface area contributed by atoms with Crippen LogP contribution in [0.25, 0.3) is 0 Å². The van der Waals surface area contributed by atoms with Crippen molar-refractivity contribution in [3.63, 3.8) is 0 Å². The first-order valence-electron chi connectivity index (χ1n) is 8.06. The molecule has 0 radical (unpaired) electrons. The fraction of sp³-hybridized carbons (Fsp3) is 0.667. The smallest absolute Gasteiger partial charge is 0.125 e. The molecule has 1 rings (SSSR count). The molecule has 0 saturated heterocycles. The van der Waals surface area contributed by atoms with Crippen molar-refractivity contribution in [2.75, 3.05) is 6.61 Å². The van der Waals surface area contributed by atoms with Crippen LogP contribution in [0, 0.1) is 6.92 Å². The Kier molecular flexibility index (Phi) is 8.36. The fourth-order valence-electron chi connectivity index (χ4n) is 2.37. The standard InChI is InChI=1S/C18H30O2/c1-4-5-6-7-8-9-10-13-20-18-12-11-15(2)14-17(18)16(3)19/h11-12,14,16,19H,4-10,13H2,1-3H3. The molecule has 0 fully saturated rings. The van der Waals surface area contributed by atoms with Gasteiger partial charge in [0.25, 0.3) is 0 Å². The third-order valence-corrected chi connectivity index (χ3v) is 3.62. The third kappa shape index (κ3) is 6.42. The van der Waals surface area contributed by atoms with Gasteiger partial charge in [-0.05, 0) is 32.4 Å². The SMILES string of the molecule is CCCCCCCCCOc1ccc(C)cc1C(C)O. The summed E-state index contributed by atoms with van der Waals surface area (Å²) in [5.41, 5.74) is 2.05. The molecule has 0 aliphatic carbocycles. The summed E-state index contributed by atoms with van der Waals surface area (Å²) in [7, 11) is 0. The minimum atomic E-state index is -0.473. The van der Waals surface area contributed by atoms with Gasteiger partial charge in [-0.25, -0.2) is 0 Å². The van der Waals surface area contributed by atoms with Crippen LogP contribution in [0.15, 0.2) is 18.2 Å². The lowest BCUT2D eigenvalue weighted by molar-refractivity contribution is 0.190. The van der Waals surface area contributed by atoms with Crippen LogP contribution in [-0.4, -0.2) is 11.7 Å². The Morgan fingerprint density at radius 2 is 1.70 bits per heavy atom. The van der Waals surface area contributed by atoms with Gasteiger partial charge >= 0.3 is 0 Å². The number of hydrogen-bond acceptors (Lipinski definition) is 2. The number of aliphatic hydroxyl groups is 1. The highest BCUT2D eigenvalue weighted by Gasteiger charge is 2.09. The summed E-state index contributed by atoms with van der Waals surface area (Å²) in [6.07, 6.45) is 8.54. The molecule has 20 heavy (non-hydrogen) atoms. The second-order valence-corrected chi connectivity index (χ2v) is 5.69. The van der Waals surface area contributed by atoms with E-state index < -0.39 is 6.10 Å².